The van der Waals surface area contributed by atoms with Crippen molar-refractivity contribution < 1.29 is 9.53 Å². The monoisotopic (exact) mass is 219 g/mol. The molecule has 16 heavy (non-hydrogen) atoms. The standard InChI is InChI=1S/C13H17NO2/c1-3-14-11(2)9-13(15)16-10-12-7-5-4-6-8-12/h4-9,14H,3,10H2,1-2H3/b11-9-. The van der Waals surface area contributed by atoms with Gasteiger partial charge >= 0.3 is 5.97 Å². The molecule has 0 radical (unpaired) electrons. The van der Waals surface area contributed by atoms with Crippen molar-refractivity contribution in [2.24, 2.45) is 0 Å². The summed E-state index contributed by atoms with van der Waals surface area (Å²) in [6.45, 7) is 4.93. The first kappa shape index (κ1) is 12.3. The first-order valence-corrected chi connectivity index (χ1v) is 5.35. The van der Waals surface area contributed by atoms with Crippen LogP contribution in [0.15, 0.2) is 42.1 Å². The normalized spacial score (nSPS) is 11.0. The molecule has 3 heteroatoms. The Balaban J connectivity index is 2.39. The van der Waals surface area contributed by atoms with E-state index < -0.39 is 0 Å². The number of carbonyl (C=O) groups excluding carboxylic acids is 1. The predicted molar refractivity (Wildman–Crippen MR) is 63.7 cm³/mol. The molecule has 0 aliphatic carbocycles. The Morgan fingerprint density at radius 3 is 2.69 bits per heavy atom. The molecule has 0 aliphatic heterocycles. The van der Waals surface area contributed by atoms with E-state index >= 15 is 0 Å². The first-order chi connectivity index (χ1) is 7.72. The van der Waals surface area contributed by atoms with E-state index in [2.05, 4.69) is 5.32 Å². The van der Waals surface area contributed by atoms with E-state index in [9.17, 15) is 4.79 Å². The van der Waals surface area contributed by atoms with Crippen LogP contribution >= 0.6 is 0 Å². The molecule has 0 saturated carbocycles. The fourth-order valence-corrected chi connectivity index (χ4v) is 1.28. The third-order valence-corrected chi connectivity index (χ3v) is 2.01. The van der Waals surface area contributed by atoms with Crippen LogP contribution in [0.2, 0.25) is 0 Å². The Labute approximate surface area is 96.1 Å². The SMILES string of the molecule is CCN/C(C)=C\C(=O)OCc1ccccc1. The van der Waals surface area contributed by atoms with Crippen molar-refractivity contribution in [3.8, 4) is 0 Å². The second-order valence-corrected chi connectivity index (χ2v) is 3.45. The zero-order chi connectivity index (χ0) is 11.8. The minimum absolute atomic E-state index is 0.315. The van der Waals surface area contributed by atoms with Crippen LogP contribution in [0.1, 0.15) is 19.4 Å². The smallest absolute Gasteiger partial charge is 0.332 e. The molecular formula is C13H17NO2. The summed E-state index contributed by atoms with van der Waals surface area (Å²) < 4.78 is 5.09. The highest BCUT2D eigenvalue weighted by atomic mass is 16.5. The number of nitrogens with one attached hydrogen (secondary N) is 1. The molecule has 0 bridgehead atoms. The van der Waals surface area contributed by atoms with Gasteiger partial charge in [-0.05, 0) is 19.4 Å². The van der Waals surface area contributed by atoms with Crippen molar-refractivity contribution in [3.63, 3.8) is 0 Å². The van der Waals surface area contributed by atoms with Crippen molar-refractivity contribution in [1.82, 2.24) is 5.32 Å². The molecule has 0 fully saturated rings. The molecule has 1 aromatic rings. The molecule has 0 aromatic heterocycles. The van der Waals surface area contributed by atoms with Gasteiger partial charge in [0, 0.05) is 18.3 Å². The van der Waals surface area contributed by atoms with Gasteiger partial charge in [-0.25, -0.2) is 4.79 Å². The Kier molecular flexibility index (Phi) is 5.12. The quantitative estimate of drug-likeness (QED) is 0.609. The molecule has 0 atom stereocenters. The minimum Gasteiger partial charge on any atom is -0.458 e. The predicted octanol–water partition coefficient (Wildman–Crippen LogP) is 2.24. The van der Waals surface area contributed by atoms with Crippen molar-refractivity contribution >= 4 is 5.97 Å². The molecule has 1 rings (SSSR count). The zero-order valence-electron chi connectivity index (χ0n) is 9.69. The lowest BCUT2D eigenvalue weighted by atomic mass is 10.2. The van der Waals surface area contributed by atoms with E-state index in [-0.39, 0.29) is 5.97 Å². The van der Waals surface area contributed by atoms with Gasteiger partial charge in [0.2, 0.25) is 0 Å². The van der Waals surface area contributed by atoms with Crippen LogP contribution in [0.5, 0.6) is 0 Å². The topological polar surface area (TPSA) is 38.3 Å². The lowest BCUT2D eigenvalue weighted by Gasteiger charge is -2.04. The number of benzene rings is 1. The summed E-state index contributed by atoms with van der Waals surface area (Å²) in [5.41, 5.74) is 1.81. The van der Waals surface area contributed by atoms with Crippen molar-refractivity contribution in [2.45, 2.75) is 20.5 Å². The number of allylic oxidation sites excluding steroid dienone is 1. The van der Waals surface area contributed by atoms with Crippen LogP contribution < -0.4 is 5.32 Å². The summed E-state index contributed by atoms with van der Waals surface area (Å²) in [5, 5.41) is 3.03. The number of carbonyl (C=O) groups is 1. The number of hydrogen-bond donors (Lipinski definition) is 1. The molecular weight excluding hydrogens is 202 g/mol. The lowest BCUT2D eigenvalue weighted by molar-refractivity contribution is -0.139. The van der Waals surface area contributed by atoms with E-state index in [0.717, 1.165) is 17.8 Å². The van der Waals surface area contributed by atoms with Gasteiger partial charge in [0.15, 0.2) is 0 Å². The largest absolute Gasteiger partial charge is 0.458 e. The molecule has 1 N–H and O–H groups in total. The fraction of sp³-hybridized carbons (Fsp3) is 0.308. The Morgan fingerprint density at radius 2 is 2.06 bits per heavy atom. The zero-order valence-corrected chi connectivity index (χ0v) is 9.69. The van der Waals surface area contributed by atoms with E-state index in [1.165, 1.54) is 6.08 Å². The first-order valence-electron chi connectivity index (χ1n) is 5.35. The van der Waals surface area contributed by atoms with Crippen LogP contribution in [0.4, 0.5) is 0 Å². The summed E-state index contributed by atoms with van der Waals surface area (Å²) in [6.07, 6.45) is 1.46. The van der Waals surface area contributed by atoms with E-state index in [1.807, 2.05) is 44.2 Å². The van der Waals surface area contributed by atoms with Gasteiger partial charge in [0.25, 0.3) is 0 Å². The van der Waals surface area contributed by atoms with E-state index in [4.69, 9.17) is 4.74 Å². The highest BCUT2D eigenvalue weighted by Crippen LogP contribution is 2.01. The molecule has 0 spiro atoms. The van der Waals surface area contributed by atoms with Gasteiger partial charge in [0.1, 0.15) is 6.61 Å². The summed E-state index contributed by atoms with van der Waals surface area (Å²) >= 11 is 0. The molecule has 1 aromatic carbocycles. The number of ether oxygens (including phenoxy) is 1. The molecule has 0 saturated heterocycles. The van der Waals surface area contributed by atoms with Crippen LogP contribution in [0.25, 0.3) is 0 Å². The summed E-state index contributed by atoms with van der Waals surface area (Å²) in [4.78, 5) is 11.4. The van der Waals surface area contributed by atoms with Crippen molar-refractivity contribution in [1.29, 1.82) is 0 Å². The summed E-state index contributed by atoms with van der Waals surface area (Å²) in [5.74, 6) is -0.317. The van der Waals surface area contributed by atoms with Gasteiger partial charge in [0.05, 0.1) is 0 Å². The van der Waals surface area contributed by atoms with Crippen LogP contribution in [-0.2, 0) is 16.1 Å². The maximum absolute atomic E-state index is 11.4. The molecule has 86 valence electrons. The Morgan fingerprint density at radius 1 is 1.38 bits per heavy atom. The summed E-state index contributed by atoms with van der Waals surface area (Å²) in [7, 11) is 0. The molecule has 0 unspecified atom stereocenters. The van der Waals surface area contributed by atoms with Crippen LogP contribution in [-0.4, -0.2) is 12.5 Å². The third kappa shape index (κ3) is 4.64. The molecule has 0 heterocycles. The minimum atomic E-state index is -0.317. The van der Waals surface area contributed by atoms with Gasteiger partial charge in [-0.3, -0.25) is 0 Å². The average Bonchev–Trinajstić information content (AvgIpc) is 2.28. The number of esters is 1. The van der Waals surface area contributed by atoms with Gasteiger partial charge in [-0.2, -0.15) is 0 Å². The molecule has 0 amide bonds. The highest BCUT2D eigenvalue weighted by molar-refractivity contribution is 5.82. The van der Waals surface area contributed by atoms with Crippen molar-refractivity contribution in [3.05, 3.63) is 47.7 Å². The van der Waals surface area contributed by atoms with Crippen molar-refractivity contribution in [2.75, 3.05) is 6.54 Å². The summed E-state index contributed by atoms with van der Waals surface area (Å²) in [6, 6.07) is 9.62. The maximum atomic E-state index is 11.4. The van der Waals surface area contributed by atoms with Gasteiger partial charge in [-0.1, -0.05) is 30.3 Å². The van der Waals surface area contributed by atoms with Gasteiger partial charge in [-0.15, -0.1) is 0 Å². The third-order valence-electron chi connectivity index (χ3n) is 2.01. The molecule has 3 nitrogen and oxygen atoms in total. The molecule has 0 aliphatic rings. The second-order valence-electron chi connectivity index (χ2n) is 3.45. The Hall–Kier alpha value is -1.77. The Bertz CT molecular complexity index is 357. The lowest BCUT2D eigenvalue weighted by Crippen LogP contribution is -2.12. The van der Waals surface area contributed by atoms with Crippen LogP contribution in [0, 0.1) is 0 Å². The van der Waals surface area contributed by atoms with Crippen LogP contribution in [0.3, 0.4) is 0 Å². The number of hydrogen-bond acceptors (Lipinski definition) is 3. The second kappa shape index (κ2) is 6.67. The number of rotatable bonds is 5. The maximum Gasteiger partial charge on any atom is 0.332 e. The van der Waals surface area contributed by atoms with E-state index in [1.54, 1.807) is 0 Å². The highest BCUT2D eigenvalue weighted by Gasteiger charge is 1.99. The average molecular weight is 219 g/mol. The van der Waals surface area contributed by atoms with E-state index in [0.29, 0.717) is 6.61 Å². The van der Waals surface area contributed by atoms with Gasteiger partial charge < -0.3 is 10.1 Å². The fourth-order valence-electron chi connectivity index (χ4n) is 1.28.